The van der Waals surface area contributed by atoms with Gasteiger partial charge in [-0.25, -0.2) is 4.39 Å². The Bertz CT molecular complexity index is 1370. The summed E-state index contributed by atoms with van der Waals surface area (Å²) in [4.78, 5) is 27.7. The number of ketones is 1. The van der Waals surface area contributed by atoms with Gasteiger partial charge in [0.2, 0.25) is 0 Å². The van der Waals surface area contributed by atoms with Crippen LogP contribution in [-0.4, -0.2) is 31.0 Å². The van der Waals surface area contributed by atoms with Gasteiger partial charge >= 0.3 is 0 Å². The summed E-state index contributed by atoms with van der Waals surface area (Å²) in [6.07, 6.45) is 0. The Balaban J connectivity index is 1.99. The highest BCUT2D eigenvalue weighted by atomic mass is 35.5. The van der Waals surface area contributed by atoms with Crippen molar-refractivity contribution in [2.75, 3.05) is 19.1 Å². The first-order valence-electron chi connectivity index (χ1n) is 10.1. The summed E-state index contributed by atoms with van der Waals surface area (Å²) in [5.74, 6) is -2.48. The third-order valence-electron chi connectivity index (χ3n) is 5.54. The summed E-state index contributed by atoms with van der Waals surface area (Å²) < 4.78 is 24.2. The molecule has 1 amide bonds. The van der Waals surface area contributed by atoms with Crippen molar-refractivity contribution in [3.05, 3.63) is 92.2 Å². The van der Waals surface area contributed by atoms with E-state index >= 15 is 0 Å². The van der Waals surface area contributed by atoms with Crippen molar-refractivity contribution in [1.29, 1.82) is 0 Å². The lowest BCUT2D eigenvalue weighted by atomic mass is 9.94. The zero-order chi connectivity index (χ0) is 25.4. The van der Waals surface area contributed by atoms with E-state index in [0.29, 0.717) is 5.56 Å². The van der Waals surface area contributed by atoms with E-state index in [9.17, 15) is 19.1 Å². The summed E-state index contributed by atoms with van der Waals surface area (Å²) in [5, 5.41) is 11.9. The lowest BCUT2D eigenvalue weighted by Crippen LogP contribution is -2.29. The fourth-order valence-corrected chi connectivity index (χ4v) is 4.42. The fraction of sp³-hybridized carbons (Fsp3) is 0.120. The Morgan fingerprint density at radius 2 is 1.54 bits per heavy atom. The number of methoxy groups -OCH3 is 2. The summed E-state index contributed by atoms with van der Waals surface area (Å²) in [7, 11) is 2.78. The molecule has 1 aliphatic heterocycles. The van der Waals surface area contributed by atoms with E-state index in [0.717, 1.165) is 0 Å². The van der Waals surface area contributed by atoms with Gasteiger partial charge in [0.25, 0.3) is 11.7 Å². The number of ether oxygens (including phenoxy) is 2. The van der Waals surface area contributed by atoms with Crippen LogP contribution in [0.4, 0.5) is 10.1 Å². The van der Waals surface area contributed by atoms with Crippen molar-refractivity contribution in [1.82, 2.24) is 0 Å². The second-order valence-electron chi connectivity index (χ2n) is 7.51. The minimum Gasteiger partial charge on any atom is -0.507 e. The van der Waals surface area contributed by atoms with E-state index in [2.05, 4.69) is 0 Å². The molecule has 0 radical (unpaired) electrons. The maximum absolute atomic E-state index is 13.7. The number of aliphatic hydroxyl groups excluding tert-OH is 1. The van der Waals surface area contributed by atoms with Crippen molar-refractivity contribution < 1.29 is 28.6 Å². The highest BCUT2D eigenvalue weighted by molar-refractivity contribution is 6.52. The van der Waals surface area contributed by atoms with Crippen molar-refractivity contribution in [3.8, 4) is 11.5 Å². The number of carbonyl (C=O) groups excluding carboxylic acids is 2. The van der Waals surface area contributed by atoms with Crippen LogP contribution in [0, 0.1) is 5.82 Å². The molecule has 3 aromatic carbocycles. The molecule has 10 heteroatoms. The lowest BCUT2D eigenvalue weighted by Gasteiger charge is -2.26. The average Bonchev–Trinajstić information content (AvgIpc) is 3.11. The van der Waals surface area contributed by atoms with E-state index in [-0.39, 0.29) is 43.4 Å². The number of benzene rings is 3. The van der Waals surface area contributed by atoms with Crippen LogP contribution in [0.1, 0.15) is 17.2 Å². The van der Waals surface area contributed by atoms with E-state index < -0.39 is 29.3 Å². The molecule has 1 fully saturated rings. The van der Waals surface area contributed by atoms with Crippen LogP contribution in [0.3, 0.4) is 0 Å². The molecule has 1 N–H and O–H groups in total. The molecule has 6 nitrogen and oxygen atoms in total. The second kappa shape index (κ2) is 9.77. The van der Waals surface area contributed by atoms with Gasteiger partial charge in [-0.2, -0.15) is 0 Å². The van der Waals surface area contributed by atoms with Crippen LogP contribution in [0.5, 0.6) is 11.5 Å². The fourth-order valence-electron chi connectivity index (χ4n) is 3.88. The number of Topliss-reactive ketones (excluding diaryl/α,β-unsaturated/α-hetero) is 1. The molecule has 0 aliphatic carbocycles. The highest BCUT2D eigenvalue weighted by Gasteiger charge is 2.47. The van der Waals surface area contributed by atoms with Gasteiger partial charge in [0.1, 0.15) is 23.1 Å². The molecular formula is C25H17Cl3FNO5. The van der Waals surface area contributed by atoms with Crippen LogP contribution >= 0.6 is 34.8 Å². The number of anilines is 1. The number of aliphatic hydroxyl groups is 1. The molecule has 1 unspecified atom stereocenters. The summed E-state index contributed by atoms with van der Waals surface area (Å²) >= 11 is 18.4. The normalized spacial score (nSPS) is 17.1. The number of hydrogen-bond acceptors (Lipinski definition) is 5. The van der Waals surface area contributed by atoms with Crippen LogP contribution < -0.4 is 14.4 Å². The molecule has 180 valence electrons. The van der Waals surface area contributed by atoms with Crippen molar-refractivity contribution >= 4 is 57.9 Å². The first-order valence-corrected chi connectivity index (χ1v) is 11.2. The summed E-state index contributed by atoms with van der Waals surface area (Å²) in [5.41, 5.74) is 0.455. The predicted octanol–water partition coefficient (Wildman–Crippen LogP) is 6.43. The first kappa shape index (κ1) is 24.9. The standard InChI is InChI=1S/C25H17Cl3FNO5/c1-34-19-11-20(35-2)18(28)10-15(19)23(31)21-22(12-3-5-13(29)6-4-12)30(25(33)24(21)32)14-7-8-16(26)17(27)9-14/h3-11,22,31H,1-2H3/b23-21+. The zero-order valence-corrected chi connectivity index (χ0v) is 20.6. The average molecular weight is 537 g/mol. The van der Waals surface area contributed by atoms with Gasteiger partial charge in [-0.15, -0.1) is 0 Å². The maximum Gasteiger partial charge on any atom is 0.300 e. The van der Waals surface area contributed by atoms with Crippen molar-refractivity contribution in [2.24, 2.45) is 0 Å². The van der Waals surface area contributed by atoms with Gasteiger partial charge in [0, 0.05) is 11.8 Å². The smallest absolute Gasteiger partial charge is 0.300 e. The Labute approximate surface area is 215 Å². The SMILES string of the molecule is COc1cc(OC)c(/C(O)=C2\C(=O)C(=O)N(c3ccc(Cl)c(Cl)c3)C2c2ccc(F)cc2)cc1Cl. The first-order chi connectivity index (χ1) is 16.7. The molecule has 0 bridgehead atoms. The number of hydrogen-bond donors (Lipinski definition) is 1. The number of halogens is 4. The third-order valence-corrected chi connectivity index (χ3v) is 6.57. The topological polar surface area (TPSA) is 76.1 Å². The second-order valence-corrected chi connectivity index (χ2v) is 8.73. The maximum atomic E-state index is 13.7. The minimum absolute atomic E-state index is 0.0672. The number of carbonyl (C=O) groups is 2. The van der Waals surface area contributed by atoms with Crippen molar-refractivity contribution in [3.63, 3.8) is 0 Å². The van der Waals surface area contributed by atoms with Gasteiger partial charge in [-0.1, -0.05) is 46.9 Å². The molecule has 1 saturated heterocycles. The number of rotatable bonds is 5. The van der Waals surface area contributed by atoms with E-state index in [1.165, 1.54) is 73.7 Å². The Kier molecular flexibility index (Phi) is 6.94. The van der Waals surface area contributed by atoms with E-state index in [1.54, 1.807) is 0 Å². The molecule has 1 aliphatic rings. The molecule has 4 rings (SSSR count). The van der Waals surface area contributed by atoms with Gasteiger partial charge in [0.15, 0.2) is 0 Å². The summed E-state index contributed by atoms with van der Waals surface area (Å²) in [6.45, 7) is 0. The molecule has 3 aromatic rings. The summed E-state index contributed by atoms with van der Waals surface area (Å²) in [6, 6.07) is 11.3. The van der Waals surface area contributed by atoms with Crippen LogP contribution in [0.25, 0.3) is 5.76 Å². The van der Waals surface area contributed by atoms with E-state index in [1.807, 2.05) is 0 Å². The Morgan fingerprint density at radius 3 is 2.14 bits per heavy atom. The third kappa shape index (κ3) is 4.43. The van der Waals surface area contributed by atoms with Gasteiger partial charge in [0.05, 0.1) is 46.5 Å². The van der Waals surface area contributed by atoms with Crippen molar-refractivity contribution in [2.45, 2.75) is 6.04 Å². The zero-order valence-electron chi connectivity index (χ0n) is 18.3. The number of amides is 1. The highest BCUT2D eigenvalue weighted by Crippen LogP contribution is 2.45. The predicted molar refractivity (Wildman–Crippen MR) is 132 cm³/mol. The largest absolute Gasteiger partial charge is 0.507 e. The van der Waals surface area contributed by atoms with Gasteiger partial charge in [-0.05, 0) is 42.0 Å². The molecule has 1 atom stereocenters. The monoisotopic (exact) mass is 535 g/mol. The van der Waals surface area contributed by atoms with Gasteiger partial charge < -0.3 is 14.6 Å². The molecule has 1 heterocycles. The van der Waals surface area contributed by atoms with E-state index in [4.69, 9.17) is 44.3 Å². The van der Waals surface area contributed by atoms with Crippen LogP contribution in [-0.2, 0) is 9.59 Å². The lowest BCUT2D eigenvalue weighted by molar-refractivity contribution is -0.132. The van der Waals surface area contributed by atoms with Crippen LogP contribution in [0.15, 0.2) is 60.2 Å². The number of nitrogens with zero attached hydrogens (tertiary/aromatic N) is 1. The Morgan fingerprint density at radius 1 is 0.886 bits per heavy atom. The molecule has 0 spiro atoms. The van der Waals surface area contributed by atoms with Gasteiger partial charge in [-0.3, -0.25) is 14.5 Å². The molecular weight excluding hydrogens is 520 g/mol. The molecule has 35 heavy (non-hydrogen) atoms. The quantitative estimate of drug-likeness (QED) is 0.231. The Hall–Kier alpha value is -3.26. The van der Waals surface area contributed by atoms with Crippen LogP contribution in [0.2, 0.25) is 15.1 Å². The molecule has 0 aromatic heterocycles. The minimum atomic E-state index is -1.11. The molecule has 0 saturated carbocycles.